The normalized spacial score (nSPS) is 22.4. The molecule has 0 aromatic heterocycles. The molecule has 0 radical (unpaired) electrons. The van der Waals surface area contributed by atoms with Crippen LogP contribution in [0.15, 0.2) is 58.3 Å². The minimum absolute atomic E-state index is 0.0989. The Morgan fingerprint density at radius 2 is 0.957 bits per heavy atom. The molecule has 2 saturated carbocycles. The third-order valence-electron chi connectivity index (χ3n) is 8.57. The van der Waals surface area contributed by atoms with Crippen molar-refractivity contribution in [3.05, 3.63) is 59.7 Å². The Balaban J connectivity index is 0.000000256. The lowest BCUT2D eigenvalue weighted by Gasteiger charge is -2.26. The molecule has 0 atom stereocenters. The van der Waals surface area contributed by atoms with Gasteiger partial charge in [0, 0.05) is 0 Å². The number of carboxylic acid groups (broad SMARTS) is 1. The standard InChI is InChI=1S/C16H19F3O4S.C15H17F3O4S/c1-23-15(20)12-4-2-11(3-5-12)10-24(21,22)14-8-6-13(7-9-14)16(17,18)19;16-15(17,18)12-5-7-13(8-6-12)23(21,22)9-10-1-3-11(4-2-10)14(19)20/h6-9,11-12H,2-5,10H2,1H3;5-8,10-11H,1-4,9H2,(H,19,20). The lowest BCUT2D eigenvalue weighted by Crippen LogP contribution is -2.26. The fourth-order valence-electron chi connectivity index (χ4n) is 5.82. The SMILES string of the molecule is COC(=O)C1CCC(CS(=O)(=O)c2ccc(C(F)(F)F)cc2)CC1.O=C(O)C1CCC(CS(=O)(=O)c2ccc(C(F)(F)F)cc2)CC1. The van der Waals surface area contributed by atoms with E-state index in [4.69, 9.17) is 5.11 Å². The zero-order valence-electron chi connectivity index (χ0n) is 25.4. The molecule has 0 aliphatic heterocycles. The van der Waals surface area contributed by atoms with Gasteiger partial charge in [0.2, 0.25) is 0 Å². The van der Waals surface area contributed by atoms with Gasteiger partial charge in [0.05, 0.1) is 51.4 Å². The van der Waals surface area contributed by atoms with Gasteiger partial charge in [0.1, 0.15) is 0 Å². The van der Waals surface area contributed by atoms with Crippen molar-refractivity contribution in [2.75, 3.05) is 18.6 Å². The average molecular weight is 715 g/mol. The zero-order chi connectivity index (χ0) is 35.2. The molecule has 4 rings (SSSR count). The second-order valence-electron chi connectivity index (χ2n) is 11.9. The van der Waals surface area contributed by atoms with Gasteiger partial charge in [-0.2, -0.15) is 26.3 Å². The lowest BCUT2D eigenvalue weighted by atomic mass is 9.83. The highest BCUT2D eigenvalue weighted by molar-refractivity contribution is 7.91. The van der Waals surface area contributed by atoms with Crippen LogP contribution in [0, 0.1) is 23.7 Å². The Kier molecular flexibility index (Phi) is 12.5. The number of aliphatic carboxylic acids is 1. The smallest absolute Gasteiger partial charge is 0.416 e. The predicted molar refractivity (Wildman–Crippen MR) is 158 cm³/mol. The molecule has 1 N–H and O–H groups in total. The van der Waals surface area contributed by atoms with Gasteiger partial charge in [-0.05, 0) is 112 Å². The fraction of sp³-hybridized carbons (Fsp3) is 0.548. The van der Waals surface area contributed by atoms with Crippen LogP contribution in [0.2, 0.25) is 0 Å². The fourth-order valence-corrected chi connectivity index (χ4v) is 9.22. The first-order chi connectivity index (χ1) is 21.7. The summed E-state index contributed by atoms with van der Waals surface area (Å²) in [4.78, 5) is 22.1. The zero-order valence-corrected chi connectivity index (χ0v) is 27.0. The maximum atomic E-state index is 12.5. The Morgan fingerprint density at radius 3 is 1.23 bits per heavy atom. The van der Waals surface area contributed by atoms with Crippen molar-refractivity contribution in [3.63, 3.8) is 0 Å². The molecule has 47 heavy (non-hydrogen) atoms. The summed E-state index contributed by atoms with van der Waals surface area (Å²) in [6.07, 6.45) is -4.83. The Hall–Kier alpha value is -3.14. The number of rotatable bonds is 8. The number of esters is 1. The van der Waals surface area contributed by atoms with E-state index in [2.05, 4.69) is 4.74 Å². The third kappa shape index (κ3) is 10.9. The van der Waals surface area contributed by atoms with Crippen LogP contribution in [0.3, 0.4) is 0 Å². The number of methoxy groups -OCH3 is 1. The monoisotopic (exact) mass is 714 g/mol. The van der Waals surface area contributed by atoms with Crippen molar-refractivity contribution < 1.29 is 62.6 Å². The summed E-state index contributed by atoms with van der Waals surface area (Å²) >= 11 is 0. The summed E-state index contributed by atoms with van der Waals surface area (Å²) in [5.74, 6) is -2.30. The molecule has 0 bridgehead atoms. The van der Waals surface area contributed by atoms with E-state index in [1.165, 1.54) is 7.11 Å². The largest absolute Gasteiger partial charge is 0.481 e. The molecule has 2 aromatic rings. The van der Waals surface area contributed by atoms with Crippen LogP contribution in [-0.4, -0.2) is 52.5 Å². The van der Waals surface area contributed by atoms with Crippen LogP contribution in [0.5, 0.6) is 0 Å². The van der Waals surface area contributed by atoms with E-state index in [1.54, 1.807) is 0 Å². The van der Waals surface area contributed by atoms with Crippen LogP contribution >= 0.6 is 0 Å². The average Bonchev–Trinajstić information content (AvgIpc) is 3.00. The molecule has 0 amide bonds. The molecule has 16 heteroatoms. The summed E-state index contributed by atoms with van der Waals surface area (Å²) in [6, 6.07) is 7.02. The number of ether oxygens (including phenoxy) is 1. The van der Waals surface area contributed by atoms with E-state index in [9.17, 15) is 52.8 Å². The minimum atomic E-state index is -4.50. The van der Waals surface area contributed by atoms with Gasteiger partial charge in [-0.15, -0.1) is 0 Å². The van der Waals surface area contributed by atoms with E-state index in [-0.39, 0.29) is 45.0 Å². The maximum Gasteiger partial charge on any atom is 0.416 e. The number of carbonyl (C=O) groups excluding carboxylic acids is 1. The summed E-state index contributed by atoms with van der Waals surface area (Å²) in [6.45, 7) is 0. The highest BCUT2D eigenvalue weighted by Gasteiger charge is 2.34. The maximum absolute atomic E-state index is 12.5. The highest BCUT2D eigenvalue weighted by atomic mass is 32.2. The first-order valence-electron chi connectivity index (χ1n) is 14.8. The first-order valence-corrected chi connectivity index (χ1v) is 18.1. The van der Waals surface area contributed by atoms with Crippen LogP contribution in [0.4, 0.5) is 26.3 Å². The van der Waals surface area contributed by atoms with Gasteiger partial charge in [-0.1, -0.05) is 0 Å². The van der Waals surface area contributed by atoms with Gasteiger partial charge < -0.3 is 9.84 Å². The number of alkyl halides is 6. The molecule has 0 unspecified atom stereocenters. The predicted octanol–water partition coefficient (Wildman–Crippen LogP) is 6.83. The van der Waals surface area contributed by atoms with Crippen LogP contribution in [0.1, 0.15) is 62.5 Å². The van der Waals surface area contributed by atoms with Gasteiger partial charge in [0.25, 0.3) is 0 Å². The van der Waals surface area contributed by atoms with Gasteiger partial charge in [-0.25, -0.2) is 16.8 Å². The van der Waals surface area contributed by atoms with Gasteiger partial charge >= 0.3 is 24.3 Å². The van der Waals surface area contributed by atoms with E-state index in [0.717, 1.165) is 48.5 Å². The van der Waals surface area contributed by atoms with Crippen LogP contribution < -0.4 is 0 Å². The van der Waals surface area contributed by atoms with Crippen molar-refractivity contribution in [1.82, 2.24) is 0 Å². The Morgan fingerprint density at radius 1 is 0.638 bits per heavy atom. The number of halogens is 6. The summed E-state index contributed by atoms with van der Waals surface area (Å²) in [5.41, 5.74) is -1.77. The minimum Gasteiger partial charge on any atom is -0.481 e. The molecule has 2 aromatic carbocycles. The molecule has 0 spiro atoms. The van der Waals surface area contributed by atoms with E-state index < -0.39 is 55.0 Å². The van der Waals surface area contributed by atoms with E-state index >= 15 is 0 Å². The molecule has 2 fully saturated rings. The highest BCUT2D eigenvalue weighted by Crippen LogP contribution is 2.35. The summed E-state index contributed by atoms with van der Waals surface area (Å²) in [7, 11) is -6.00. The number of hydrogen-bond donors (Lipinski definition) is 1. The molecule has 0 heterocycles. The van der Waals surface area contributed by atoms with Gasteiger partial charge in [-0.3, -0.25) is 9.59 Å². The van der Waals surface area contributed by atoms with Crippen molar-refractivity contribution >= 4 is 31.6 Å². The molecule has 8 nitrogen and oxygen atoms in total. The Labute approximate surface area is 269 Å². The van der Waals surface area contributed by atoms with Crippen LogP contribution in [0.25, 0.3) is 0 Å². The first kappa shape index (κ1) is 38.3. The van der Waals surface area contributed by atoms with E-state index in [1.807, 2.05) is 0 Å². The van der Waals surface area contributed by atoms with Crippen molar-refractivity contribution in [1.29, 1.82) is 0 Å². The van der Waals surface area contributed by atoms with Crippen molar-refractivity contribution in [3.8, 4) is 0 Å². The number of carboxylic acids is 1. The topological polar surface area (TPSA) is 132 Å². The van der Waals surface area contributed by atoms with Crippen molar-refractivity contribution in [2.24, 2.45) is 23.7 Å². The molecule has 0 saturated heterocycles. The molecule has 2 aliphatic rings. The summed E-state index contributed by atoms with van der Waals surface area (Å²) < 4.78 is 129. The number of benzene rings is 2. The second-order valence-corrected chi connectivity index (χ2v) is 16.0. The van der Waals surface area contributed by atoms with E-state index in [0.29, 0.717) is 51.4 Å². The Bertz CT molecular complexity index is 1570. The van der Waals surface area contributed by atoms with Crippen LogP contribution in [-0.2, 0) is 46.4 Å². The number of hydrogen-bond acceptors (Lipinski definition) is 7. The molecular weight excluding hydrogens is 678 g/mol. The second kappa shape index (κ2) is 15.4. The summed E-state index contributed by atoms with van der Waals surface area (Å²) in [5, 5.41) is 8.92. The third-order valence-corrected chi connectivity index (χ3v) is 12.4. The quantitative estimate of drug-likeness (QED) is 0.233. The molecular formula is C31H36F6O8S2. The molecule has 262 valence electrons. The number of carbonyl (C=O) groups is 2. The number of sulfone groups is 2. The lowest BCUT2D eigenvalue weighted by molar-refractivity contribution is -0.147. The molecule has 2 aliphatic carbocycles. The van der Waals surface area contributed by atoms with Gasteiger partial charge in [0.15, 0.2) is 19.7 Å². The van der Waals surface area contributed by atoms with Crippen molar-refractivity contribution in [2.45, 2.75) is 73.5 Å².